The lowest BCUT2D eigenvalue weighted by Gasteiger charge is -2.10. The molecule has 0 aromatic heterocycles. The summed E-state index contributed by atoms with van der Waals surface area (Å²) < 4.78 is 32.2. The molecule has 0 bridgehead atoms. The molecule has 0 atom stereocenters. The number of methoxy groups -OCH3 is 1. The lowest BCUT2D eigenvalue weighted by Crippen LogP contribution is -2.12. The van der Waals surface area contributed by atoms with Gasteiger partial charge in [-0.25, -0.2) is 8.42 Å². The molecule has 1 aliphatic rings. The first-order valence-electron chi connectivity index (χ1n) is 7.10. The zero-order chi connectivity index (χ0) is 15.6. The third kappa shape index (κ3) is 3.51. The molecule has 2 aromatic rings. The Bertz CT molecular complexity index is 736. The summed E-state index contributed by atoms with van der Waals surface area (Å²) in [7, 11) is -2.05. The minimum Gasteiger partial charge on any atom is -0.497 e. The molecule has 6 heteroatoms. The third-order valence-electron chi connectivity index (χ3n) is 3.45. The molecule has 3 rings (SSSR count). The monoisotopic (exact) mass is 318 g/mol. The van der Waals surface area contributed by atoms with E-state index in [9.17, 15) is 8.42 Å². The van der Waals surface area contributed by atoms with Crippen molar-refractivity contribution in [2.75, 3.05) is 17.1 Å². The van der Waals surface area contributed by atoms with Crippen LogP contribution in [0, 0.1) is 0 Å². The average molecular weight is 318 g/mol. The Hall–Kier alpha value is -2.21. The van der Waals surface area contributed by atoms with E-state index in [0.29, 0.717) is 17.5 Å². The zero-order valence-corrected chi connectivity index (χ0v) is 13.1. The summed E-state index contributed by atoms with van der Waals surface area (Å²) >= 11 is 0. The fourth-order valence-corrected chi connectivity index (χ4v) is 3.13. The molecule has 0 radical (unpaired) electrons. The summed E-state index contributed by atoms with van der Waals surface area (Å²) in [5.74, 6) is 0.620. The van der Waals surface area contributed by atoms with Crippen LogP contribution in [0.5, 0.6) is 5.75 Å². The molecule has 2 aromatic carbocycles. The number of ether oxygens (including phenoxy) is 1. The first kappa shape index (κ1) is 14.7. The highest BCUT2D eigenvalue weighted by Crippen LogP contribution is 2.26. The number of benzene rings is 2. The summed E-state index contributed by atoms with van der Waals surface area (Å²) in [6, 6.07) is 14.1. The van der Waals surface area contributed by atoms with Gasteiger partial charge in [-0.2, -0.15) is 0 Å². The minimum atomic E-state index is -3.59. The molecule has 0 heterocycles. The largest absolute Gasteiger partial charge is 0.497 e. The molecular formula is C16H18N2O3S. The summed E-state index contributed by atoms with van der Waals surface area (Å²) in [6.07, 6.45) is 2.40. The molecule has 1 fully saturated rings. The first-order chi connectivity index (χ1) is 10.6. The number of sulfonamides is 1. The van der Waals surface area contributed by atoms with Gasteiger partial charge < -0.3 is 10.1 Å². The van der Waals surface area contributed by atoms with Crippen LogP contribution < -0.4 is 14.8 Å². The lowest BCUT2D eigenvalue weighted by molar-refractivity contribution is 0.414. The molecule has 116 valence electrons. The van der Waals surface area contributed by atoms with Gasteiger partial charge in [0.15, 0.2) is 0 Å². The van der Waals surface area contributed by atoms with Gasteiger partial charge >= 0.3 is 0 Å². The Kier molecular flexibility index (Phi) is 3.94. The second-order valence-electron chi connectivity index (χ2n) is 5.28. The summed E-state index contributed by atoms with van der Waals surface area (Å²) in [4.78, 5) is 0.202. The number of rotatable bonds is 6. The van der Waals surface area contributed by atoms with Crippen LogP contribution in [0.15, 0.2) is 53.4 Å². The van der Waals surface area contributed by atoms with Crippen molar-refractivity contribution in [2.24, 2.45) is 0 Å². The molecule has 0 aliphatic heterocycles. The molecular weight excluding hydrogens is 300 g/mol. The van der Waals surface area contributed by atoms with Crippen LogP contribution in [0.25, 0.3) is 0 Å². The maximum absolute atomic E-state index is 12.3. The predicted octanol–water partition coefficient (Wildman–Crippen LogP) is 3.07. The van der Waals surface area contributed by atoms with Gasteiger partial charge in [-0.15, -0.1) is 0 Å². The number of hydrogen-bond acceptors (Lipinski definition) is 4. The lowest BCUT2D eigenvalue weighted by atomic mass is 10.3. The Balaban J connectivity index is 1.72. The molecule has 1 saturated carbocycles. The molecule has 2 N–H and O–H groups in total. The van der Waals surface area contributed by atoms with Crippen molar-refractivity contribution >= 4 is 21.4 Å². The average Bonchev–Trinajstić information content (AvgIpc) is 3.33. The number of nitrogens with one attached hydrogen (secondary N) is 2. The number of hydrogen-bond donors (Lipinski definition) is 2. The van der Waals surface area contributed by atoms with Crippen LogP contribution >= 0.6 is 0 Å². The quantitative estimate of drug-likeness (QED) is 0.859. The molecule has 0 unspecified atom stereocenters. The van der Waals surface area contributed by atoms with Crippen molar-refractivity contribution in [3.8, 4) is 5.75 Å². The van der Waals surface area contributed by atoms with Crippen LogP contribution in [0.3, 0.4) is 0 Å². The SMILES string of the molecule is COc1ccc(S(=O)(=O)Nc2ccc(NC3CC3)cc2)cc1. The molecule has 0 spiro atoms. The molecule has 0 saturated heterocycles. The smallest absolute Gasteiger partial charge is 0.261 e. The van der Waals surface area contributed by atoms with Gasteiger partial charge in [-0.1, -0.05) is 0 Å². The predicted molar refractivity (Wildman–Crippen MR) is 86.9 cm³/mol. The Labute approximate surface area is 130 Å². The van der Waals surface area contributed by atoms with Gasteiger partial charge in [0.2, 0.25) is 0 Å². The van der Waals surface area contributed by atoms with Crippen molar-refractivity contribution in [2.45, 2.75) is 23.8 Å². The highest BCUT2D eigenvalue weighted by molar-refractivity contribution is 7.92. The van der Waals surface area contributed by atoms with Crippen LogP contribution in [0.1, 0.15) is 12.8 Å². The van der Waals surface area contributed by atoms with E-state index in [2.05, 4.69) is 10.0 Å². The minimum absolute atomic E-state index is 0.202. The van der Waals surface area contributed by atoms with Crippen LogP contribution in [-0.2, 0) is 10.0 Å². The maximum atomic E-state index is 12.3. The van der Waals surface area contributed by atoms with Gasteiger partial charge in [0.05, 0.1) is 12.0 Å². The molecule has 22 heavy (non-hydrogen) atoms. The highest BCUT2D eigenvalue weighted by Gasteiger charge is 2.20. The zero-order valence-electron chi connectivity index (χ0n) is 12.2. The van der Waals surface area contributed by atoms with E-state index in [4.69, 9.17) is 4.74 Å². The standard InChI is InChI=1S/C16H18N2O3S/c1-21-15-8-10-16(11-9-15)22(19,20)18-14-6-4-13(5-7-14)17-12-2-3-12/h4-12,17-18H,2-3H2,1H3. The summed E-state index contributed by atoms with van der Waals surface area (Å²) in [5.41, 5.74) is 1.55. The van der Waals surface area contributed by atoms with Gasteiger partial charge in [0.25, 0.3) is 10.0 Å². The van der Waals surface area contributed by atoms with E-state index < -0.39 is 10.0 Å². The first-order valence-corrected chi connectivity index (χ1v) is 8.59. The van der Waals surface area contributed by atoms with Crippen LogP contribution in [0.2, 0.25) is 0 Å². The fraction of sp³-hybridized carbons (Fsp3) is 0.250. The van der Waals surface area contributed by atoms with E-state index >= 15 is 0 Å². The summed E-state index contributed by atoms with van der Waals surface area (Å²) in [6.45, 7) is 0. The van der Waals surface area contributed by atoms with E-state index in [-0.39, 0.29) is 4.90 Å². The van der Waals surface area contributed by atoms with E-state index in [1.165, 1.54) is 25.0 Å². The Morgan fingerprint density at radius 2 is 1.55 bits per heavy atom. The van der Waals surface area contributed by atoms with Crippen molar-refractivity contribution < 1.29 is 13.2 Å². The molecule has 1 aliphatic carbocycles. The fourth-order valence-electron chi connectivity index (χ4n) is 2.07. The van der Waals surface area contributed by atoms with E-state index in [1.54, 1.807) is 31.4 Å². The second-order valence-corrected chi connectivity index (χ2v) is 6.96. The van der Waals surface area contributed by atoms with Crippen LogP contribution in [0.4, 0.5) is 11.4 Å². The van der Waals surface area contributed by atoms with Crippen LogP contribution in [-0.4, -0.2) is 21.6 Å². The Morgan fingerprint density at radius 1 is 0.955 bits per heavy atom. The third-order valence-corrected chi connectivity index (χ3v) is 4.85. The summed E-state index contributed by atoms with van der Waals surface area (Å²) in [5, 5.41) is 3.36. The van der Waals surface area contributed by atoms with Crippen molar-refractivity contribution in [1.29, 1.82) is 0 Å². The van der Waals surface area contributed by atoms with Gasteiger partial charge in [-0.05, 0) is 61.4 Å². The van der Waals surface area contributed by atoms with E-state index in [1.807, 2.05) is 12.1 Å². The Morgan fingerprint density at radius 3 is 2.09 bits per heavy atom. The van der Waals surface area contributed by atoms with Crippen molar-refractivity contribution in [1.82, 2.24) is 0 Å². The number of anilines is 2. The van der Waals surface area contributed by atoms with Crippen molar-refractivity contribution in [3.63, 3.8) is 0 Å². The second kappa shape index (κ2) is 5.88. The van der Waals surface area contributed by atoms with Gasteiger partial charge in [0, 0.05) is 17.4 Å². The highest BCUT2D eigenvalue weighted by atomic mass is 32.2. The normalized spacial score (nSPS) is 14.4. The topological polar surface area (TPSA) is 67.4 Å². The van der Waals surface area contributed by atoms with Crippen molar-refractivity contribution in [3.05, 3.63) is 48.5 Å². The molecule has 0 amide bonds. The van der Waals surface area contributed by atoms with E-state index in [0.717, 1.165) is 5.69 Å². The molecule has 5 nitrogen and oxygen atoms in total. The van der Waals surface area contributed by atoms with Gasteiger partial charge in [0.1, 0.15) is 5.75 Å². The van der Waals surface area contributed by atoms with Gasteiger partial charge in [-0.3, -0.25) is 4.72 Å². The maximum Gasteiger partial charge on any atom is 0.261 e.